The third kappa shape index (κ3) is 4.29. The molecule has 1 aromatic carbocycles. The number of Topliss-reactive ketones (excluding diaryl/α,β-unsaturated/α-hetero) is 1. The van der Waals surface area contributed by atoms with Gasteiger partial charge >= 0.3 is 0 Å². The molecule has 0 atom stereocenters. The first-order valence-electron chi connectivity index (χ1n) is 6.21. The number of rotatable bonds is 7. The van der Waals surface area contributed by atoms with Crippen molar-refractivity contribution in [2.45, 2.75) is 19.9 Å². The highest BCUT2D eigenvalue weighted by atomic mass is 19.1. The van der Waals surface area contributed by atoms with Crippen molar-refractivity contribution >= 4 is 5.78 Å². The highest BCUT2D eigenvalue weighted by Crippen LogP contribution is 2.18. The number of benzene rings is 1. The first kappa shape index (κ1) is 15.6. The average Bonchev–Trinajstić information content (AvgIpc) is 2.37. The minimum atomic E-state index is -0.549. The lowest BCUT2D eigenvalue weighted by Crippen LogP contribution is -2.37. The van der Waals surface area contributed by atoms with Gasteiger partial charge in [0.1, 0.15) is 0 Å². The van der Waals surface area contributed by atoms with Crippen LogP contribution in [0.4, 0.5) is 4.39 Å². The number of aliphatic hydroxyl groups is 1. The van der Waals surface area contributed by atoms with Crippen LogP contribution < -0.4 is 4.74 Å². The van der Waals surface area contributed by atoms with Gasteiger partial charge in [-0.2, -0.15) is 0 Å². The van der Waals surface area contributed by atoms with Gasteiger partial charge in [0.05, 0.1) is 20.3 Å². The second-order valence-corrected chi connectivity index (χ2v) is 4.56. The van der Waals surface area contributed by atoms with Gasteiger partial charge < -0.3 is 9.84 Å². The number of halogens is 1. The molecule has 0 aromatic heterocycles. The first-order chi connectivity index (χ1) is 8.99. The molecule has 0 unspecified atom stereocenters. The van der Waals surface area contributed by atoms with Crippen LogP contribution in [0, 0.1) is 5.82 Å². The summed E-state index contributed by atoms with van der Waals surface area (Å²) in [5, 5.41) is 8.95. The first-order valence-corrected chi connectivity index (χ1v) is 6.21. The maximum Gasteiger partial charge on any atom is 0.176 e. The Morgan fingerprint density at radius 3 is 2.63 bits per heavy atom. The van der Waals surface area contributed by atoms with E-state index in [1.54, 1.807) is 6.07 Å². The lowest BCUT2D eigenvalue weighted by Gasteiger charge is -2.24. The summed E-state index contributed by atoms with van der Waals surface area (Å²) in [5.41, 5.74) is 0.307. The van der Waals surface area contributed by atoms with Crippen LogP contribution in [-0.2, 0) is 0 Å². The molecule has 0 aliphatic carbocycles. The Balaban J connectivity index is 2.79. The van der Waals surface area contributed by atoms with Crippen LogP contribution in [0.5, 0.6) is 5.75 Å². The fraction of sp³-hybridized carbons (Fsp3) is 0.500. The van der Waals surface area contributed by atoms with E-state index in [-0.39, 0.29) is 30.7 Å². The van der Waals surface area contributed by atoms with E-state index in [2.05, 4.69) is 0 Å². The fourth-order valence-electron chi connectivity index (χ4n) is 1.76. The van der Waals surface area contributed by atoms with Gasteiger partial charge in [0.25, 0.3) is 0 Å². The molecule has 5 heteroatoms. The van der Waals surface area contributed by atoms with E-state index in [1.165, 1.54) is 19.2 Å². The normalized spacial score (nSPS) is 11.1. The SMILES string of the molecule is COc1ccc(C(=O)CN(CCO)C(C)C)cc1F. The Bertz CT molecular complexity index is 435. The Hall–Kier alpha value is -1.46. The molecule has 1 rings (SSSR count). The molecule has 0 aliphatic heterocycles. The predicted molar refractivity (Wildman–Crippen MR) is 71.1 cm³/mol. The van der Waals surface area contributed by atoms with Crippen LogP contribution in [0.2, 0.25) is 0 Å². The maximum atomic E-state index is 13.5. The zero-order chi connectivity index (χ0) is 14.4. The molecule has 0 fully saturated rings. The van der Waals surface area contributed by atoms with Crippen molar-refractivity contribution in [1.29, 1.82) is 0 Å². The van der Waals surface area contributed by atoms with Crippen molar-refractivity contribution in [3.8, 4) is 5.75 Å². The second kappa shape index (κ2) is 7.21. The summed E-state index contributed by atoms with van der Waals surface area (Å²) in [6.07, 6.45) is 0. The summed E-state index contributed by atoms with van der Waals surface area (Å²) in [5.74, 6) is -0.608. The molecular formula is C14H20FNO3. The Labute approximate surface area is 112 Å². The average molecular weight is 269 g/mol. The predicted octanol–water partition coefficient (Wildman–Crippen LogP) is 1.72. The topological polar surface area (TPSA) is 49.8 Å². The number of carbonyl (C=O) groups excluding carboxylic acids is 1. The molecule has 0 saturated carbocycles. The van der Waals surface area contributed by atoms with E-state index < -0.39 is 5.82 Å². The Morgan fingerprint density at radius 2 is 2.16 bits per heavy atom. The van der Waals surface area contributed by atoms with Gasteiger partial charge in [-0.05, 0) is 32.0 Å². The van der Waals surface area contributed by atoms with Crippen LogP contribution >= 0.6 is 0 Å². The molecule has 0 radical (unpaired) electrons. The molecule has 1 N–H and O–H groups in total. The van der Waals surface area contributed by atoms with Crippen LogP contribution in [0.15, 0.2) is 18.2 Å². The lowest BCUT2D eigenvalue weighted by atomic mass is 10.1. The summed E-state index contributed by atoms with van der Waals surface area (Å²) >= 11 is 0. The van der Waals surface area contributed by atoms with E-state index in [1.807, 2.05) is 18.7 Å². The van der Waals surface area contributed by atoms with Crippen LogP contribution in [0.3, 0.4) is 0 Å². The number of ketones is 1. The highest BCUT2D eigenvalue weighted by Gasteiger charge is 2.16. The summed E-state index contributed by atoms with van der Waals surface area (Å²) in [7, 11) is 1.38. The number of nitrogens with zero attached hydrogens (tertiary/aromatic N) is 1. The van der Waals surface area contributed by atoms with E-state index in [0.29, 0.717) is 12.1 Å². The number of aliphatic hydroxyl groups excluding tert-OH is 1. The lowest BCUT2D eigenvalue weighted by molar-refractivity contribution is 0.0881. The standard InChI is InChI=1S/C14H20FNO3/c1-10(2)16(6-7-17)9-13(18)11-4-5-14(19-3)12(15)8-11/h4-5,8,10,17H,6-7,9H2,1-3H3. The number of methoxy groups -OCH3 is 1. The zero-order valence-electron chi connectivity index (χ0n) is 11.5. The highest BCUT2D eigenvalue weighted by molar-refractivity contribution is 5.97. The summed E-state index contributed by atoms with van der Waals surface area (Å²) in [4.78, 5) is 13.9. The van der Waals surface area contributed by atoms with Gasteiger partial charge in [0.2, 0.25) is 0 Å². The number of ether oxygens (including phenoxy) is 1. The molecule has 1 aromatic rings. The van der Waals surface area contributed by atoms with Gasteiger partial charge in [-0.3, -0.25) is 9.69 Å². The Kier molecular flexibility index (Phi) is 5.92. The zero-order valence-corrected chi connectivity index (χ0v) is 11.5. The molecule has 19 heavy (non-hydrogen) atoms. The minimum Gasteiger partial charge on any atom is -0.494 e. The number of hydrogen-bond donors (Lipinski definition) is 1. The summed E-state index contributed by atoms with van der Waals surface area (Å²) in [6, 6.07) is 4.30. The van der Waals surface area contributed by atoms with Crippen LogP contribution in [0.1, 0.15) is 24.2 Å². The molecule has 4 nitrogen and oxygen atoms in total. The Morgan fingerprint density at radius 1 is 1.47 bits per heavy atom. The van der Waals surface area contributed by atoms with E-state index in [4.69, 9.17) is 9.84 Å². The number of hydrogen-bond acceptors (Lipinski definition) is 4. The molecular weight excluding hydrogens is 249 g/mol. The van der Waals surface area contributed by atoms with Gasteiger partial charge in [0, 0.05) is 18.2 Å². The van der Waals surface area contributed by atoms with Crippen molar-refractivity contribution in [3.05, 3.63) is 29.6 Å². The maximum absolute atomic E-state index is 13.5. The smallest absolute Gasteiger partial charge is 0.176 e. The van der Waals surface area contributed by atoms with Crippen molar-refractivity contribution in [2.75, 3.05) is 26.8 Å². The van der Waals surface area contributed by atoms with Gasteiger partial charge in [-0.1, -0.05) is 0 Å². The van der Waals surface area contributed by atoms with Crippen LogP contribution in [0.25, 0.3) is 0 Å². The third-order valence-corrected chi connectivity index (χ3v) is 2.94. The van der Waals surface area contributed by atoms with E-state index in [0.717, 1.165) is 0 Å². The molecule has 0 heterocycles. The summed E-state index contributed by atoms with van der Waals surface area (Å²) in [6.45, 7) is 4.45. The third-order valence-electron chi connectivity index (χ3n) is 2.94. The van der Waals surface area contributed by atoms with Crippen molar-refractivity contribution in [1.82, 2.24) is 4.90 Å². The van der Waals surface area contributed by atoms with Gasteiger partial charge in [-0.15, -0.1) is 0 Å². The van der Waals surface area contributed by atoms with E-state index >= 15 is 0 Å². The molecule has 0 saturated heterocycles. The fourth-order valence-corrected chi connectivity index (χ4v) is 1.76. The number of carbonyl (C=O) groups is 1. The van der Waals surface area contributed by atoms with Crippen molar-refractivity contribution in [2.24, 2.45) is 0 Å². The molecule has 0 bridgehead atoms. The second-order valence-electron chi connectivity index (χ2n) is 4.56. The van der Waals surface area contributed by atoms with Gasteiger partial charge in [-0.25, -0.2) is 4.39 Å². The largest absolute Gasteiger partial charge is 0.494 e. The molecule has 106 valence electrons. The summed E-state index contributed by atoms with van der Waals surface area (Å²) < 4.78 is 18.3. The molecule has 0 aliphatic rings. The van der Waals surface area contributed by atoms with Crippen molar-refractivity contribution < 1.29 is 19.0 Å². The van der Waals surface area contributed by atoms with Crippen LogP contribution in [-0.4, -0.2) is 48.6 Å². The van der Waals surface area contributed by atoms with Crippen molar-refractivity contribution in [3.63, 3.8) is 0 Å². The molecule has 0 spiro atoms. The quantitative estimate of drug-likeness (QED) is 0.766. The molecule has 0 amide bonds. The monoisotopic (exact) mass is 269 g/mol. The van der Waals surface area contributed by atoms with E-state index in [9.17, 15) is 9.18 Å². The van der Waals surface area contributed by atoms with Gasteiger partial charge in [0.15, 0.2) is 17.3 Å². The minimum absolute atomic E-state index is 0.0115.